The van der Waals surface area contributed by atoms with Crippen LogP contribution in [0.5, 0.6) is 0 Å². The first-order chi connectivity index (χ1) is 15.2. The van der Waals surface area contributed by atoms with Gasteiger partial charge in [-0.2, -0.15) is 0 Å². The Labute approximate surface area is 189 Å². The number of para-hydroxylation sites is 2. The molecule has 2 atom stereocenters. The third-order valence-corrected chi connectivity index (χ3v) is 6.87. The van der Waals surface area contributed by atoms with E-state index in [4.69, 9.17) is 4.98 Å². The summed E-state index contributed by atoms with van der Waals surface area (Å²) >= 11 is 0. The molecule has 2 aliphatic rings. The molecule has 2 saturated carbocycles. The van der Waals surface area contributed by atoms with E-state index in [1.807, 2.05) is 30.3 Å². The molecule has 5 rings (SSSR count). The van der Waals surface area contributed by atoms with E-state index in [9.17, 15) is 9.90 Å². The lowest BCUT2D eigenvalue weighted by molar-refractivity contribution is -0.125. The van der Waals surface area contributed by atoms with Gasteiger partial charge < -0.3 is 20.3 Å². The van der Waals surface area contributed by atoms with Crippen molar-refractivity contribution < 1.29 is 9.90 Å². The van der Waals surface area contributed by atoms with E-state index in [0.29, 0.717) is 35.9 Å². The highest BCUT2D eigenvalue weighted by Crippen LogP contribution is 2.46. The van der Waals surface area contributed by atoms with Crippen molar-refractivity contribution in [1.82, 2.24) is 9.55 Å². The van der Waals surface area contributed by atoms with Crippen LogP contribution in [0, 0.1) is 11.3 Å². The minimum atomic E-state index is -1.17. The van der Waals surface area contributed by atoms with Gasteiger partial charge in [0.05, 0.1) is 11.0 Å². The molecule has 0 saturated heterocycles. The number of imidazole rings is 1. The fourth-order valence-electron chi connectivity index (χ4n) is 5.35. The Kier molecular flexibility index (Phi) is 5.01. The lowest BCUT2D eigenvalue weighted by Gasteiger charge is -2.40. The molecule has 2 aromatic carbocycles. The van der Waals surface area contributed by atoms with E-state index in [1.165, 1.54) is 6.42 Å². The number of hydrogen-bond acceptors (Lipinski definition) is 4. The Hall–Kier alpha value is -2.86. The average molecular weight is 433 g/mol. The summed E-state index contributed by atoms with van der Waals surface area (Å²) in [5.41, 5.74) is 2.87. The molecule has 0 aliphatic heterocycles. The first-order valence-electron chi connectivity index (χ1n) is 11.6. The molecule has 3 aromatic rings. The lowest BCUT2D eigenvalue weighted by atomic mass is 9.70. The van der Waals surface area contributed by atoms with Crippen molar-refractivity contribution in [3.8, 4) is 0 Å². The monoisotopic (exact) mass is 432 g/mol. The molecule has 0 spiro atoms. The summed E-state index contributed by atoms with van der Waals surface area (Å²) in [5, 5.41) is 16.3. The van der Waals surface area contributed by atoms with Crippen molar-refractivity contribution in [2.24, 2.45) is 11.3 Å². The van der Waals surface area contributed by atoms with Crippen molar-refractivity contribution in [3.05, 3.63) is 48.5 Å². The smallest absolute Gasteiger partial charge is 0.256 e. The normalized spacial score (nSPS) is 23.6. The highest BCUT2D eigenvalue weighted by atomic mass is 16.3. The van der Waals surface area contributed by atoms with Gasteiger partial charge in [0.1, 0.15) is 5.60 Å². The molecule has 32 heavy (non-hydrogen) atoms. The van der Waals surface area contributed by atoms with E-state index in [-0.39, 0.29) is 5.91 Å². The van der Waals surface area contributed by atoms with Crippen LogP contribution in [-0.4, -0.2) is 26.2 Å². The number of aliphatic hydroxyl groups is 1. The Bertz CT molecular complexity index is 1140. The van der Waals surface area contributed by atoms with Gasteiger partial charge in [0.15, 0.2) is 0 Å². The van der Waals surface area contributed by atoms with Crippen LogP contribution in [0.3, 0.4) is 0 Å². The predicted molar refractivity (Wildman–Crippen MR) is 128 cm³/mol. The SMILES string of the molecule is C[C@@H]1CC(n2c(Nc3ccc(NC(=O)C4(O)CC4)cc3)nc3ccccc32)CC(C)(C)C1. The van der Waals surface area contributed by atoms with Gasteiger partial charge in [-0.15, -0.1) is 0 Å². The van der Waals surface area contributed by atoms with Crippen LogP contribution < -0.4 is 10.6 Å². The predicted octanol–water partition coefficient (Wildman–Crippen LogP) is 5.63. The summed E-state index contributed by atoms with van der Waals surface area (Å²) < 4.78 is 2.38. The van der Waals surface area contributed by atoms with Crippen LogP contribution >= 0.6 is 0 Å². The third-order valence-electron chi connectivity index (χ3n) is 6.87. The van der Waals surface area contributed by atoms with Gasteiger partial charge >= 0.3 is 0 Å². The number of amides is 1. The zero-order chi connectivity index (χ0) is 22.5. The van der Waals surface area contributed by atoms with E-state index in [2.05, 4.69) is 54.2 Å². The minimum absolute atomic E-state index is 0.302. The van der Waals surface area contributed by atoms with Crippen molar-refractivity contribution in [2.75, 3.05) is 10.6 Å². The first-order valence-corrected chi connectivity index (χ1v) is 11.6. The van der Waals surface area contributed by atoms with Gasteiger partial charge in [-0.1, -0.05) is 32.9 Å². The molecule has 1 amide bonds. The van der Waals surface area contributed by atoms with Crippen LogP contribution in [0.4, 0.5) is 17.3 Å². The average Bonchev–Trinajstić information content (AvgIpc) is 3.38. The maximum Gasteiger partial charge on any atom is 0.256 e. The van der Waals surface area contributed by atoms with Crippen LogP contribution in [0.2, 0.25) is 0 Å². The molecule has 168 valence electrons. The highest BCUT2D eigenvalue weighted by Gasteiger charge is 2.48. The summed E-state index contributed by atoms with van der Waals surface area (Å²) in [6.45, 7) is 7.09. The Balaban J connectivity index is 1.42. The lowest BCUT2D eigenvalue weighted by Crippen LogP contribution is -2.29. The molecule has 1 aromatic heterocycles. The molecule has 6 heteroatoms. The van der Waals surface area contributed by atoms with Crippen molar-refractivity contribution in [2.45, 2.75) is 64.5 Å². The van der Waals surface area contributed by atoms with E-state index in [0.717, 1.165) is 35.5 Å². The summed E-state index contributed by atoms with van der Waals surface area (Å²) in [5.74, 6) is 1.20. The number of aromatic nitrogens is 2. The second kappa shape index (κ2) is 7.62. The second-order valence-corrected chi connectivity index (χ2v) is 10.5. The number of nitrogens with zero attached hydrogens (tertiary/aromatic N) is 2. The molecule has 3 N–H and O–H groups in total. The molecule has 2 aliphatic carbocycles. The summed E-state index contributed by atoms with van der Waals surface area (Å²) in [6.07, 6.45) is 4.59. The maximum atomic E-state index is 12.1. The van der Waals surface area contributed by atoms with Gasteiger partial charge in [0, 0.05) is 17.4 Å². The van der Waals surface area contributed by atoms with Gasteiger partial charge in [-0.3, -0.25) is 4.79 Å². The van der Waals surface area contributed by atoms with Gasteiger partial charge in [-0.25, -0.2) is 4.98 Å². The zero-order valence-corrected chi connectivity index (χ0v) is 19.1. The van der Waals surface area contributed by atoms with E-state index in [1.54, 1.807) is 0 Å². The van der Waals surface area contributed by atoms with E-state index >= 15 is 0 Å². The molecular formula is C26H32N4O2. The largest absolute Gasteiger partial charge is 0.380 e. The number of carbonyl (C=O) groups excluding carboxylic acids is 1. The molecule has 2 fully saturated rings. The van der Waals surface area contributed by atoms with Crippen LogP contribution in [0.1, 0.15) is 58.9 Å². The third kappa shape index (κ3) is 4.11. The fourth-order valence-corrected chi connectivity index (χ4v) is 5.35. The topological polar surface area (TPSA) is 79.2 Å². The first kappa shape index (κ1) is 21.0. The fraction of sp³-hybridized carbons (Fsp3) is 0.462. The van der Waals surface area contributed by atoms with E-state index < -0.39 is 5.60 Å². The standard InChI is InChI=1S/C26H32N4O2/c1-17-14-20(16-25(2,3)15-17)30-22-7-5-4-6-21(22)29-24(30)28-19-10-8-18(9-11-19)27-23(31)26(32)12-13-26/h4-11,17,20,32H,12-16H2,1-3H3,(H,27,31)(H,28,29)/t17-,20?/m1/s1. The Morgan fingerprint density at radius 2 is 1.75 bits per heavy atom. The molecule has 1 heterocycles. The van der Waals surface area contributed by atoms with Crippen LogP contribution in [0.15, 0.2) is 48.5 Å². The van der Waals surface area contributed by atoms with Gasteiger partial charge in [0.2, 0.25) is 5.95 Å². The Morgan fingerprint density at radius 1 is 1.06 bits per heavy atom. The number of anilines is 3. The van der Waals surface area contributed by atoms with Crippen molar-refractivity contribution in [3.63, 3.8) is 0 Å². The quantitative estimate of drug-likeness (QED) is 0.488. The van der Waals surface area contributed by atoms with Crippen LogP contribution in [-0.2, 0) is 4.79 Å². The molecular weight excluding hydrogens is 400 g/mol. The number of carbonyl (C=O) groups is 1. The number of hydrogen-bond donors (Lipinski definition) is 3. The summed E-state index contributed by atoms with van der Waals surface area (Å²) in [6, 6.07) is 16.3. The summed E-state index contributed by atoms with van der Waals surface area (Å²) in [4.78, 5) is 17.0. The van der Waals surface area contributed by atoms with Crippen molar-refractivity contribution >= 4 is 34.3 Å². The zero-order valence-electron chi connectivity index (χ0n) is 19.1. The maximum absolute atomic E-state index is 12.1. The number of rotatable bonds is 5. The highest BCUT2D eigenvalue weighted by molar-refractivity contribution is 5.99. The van der Waals surface area contributed by atoms with Gasteiger partial charge in [0.25, 0.3) is 5.91 Å². The van der Waals surface area contributed by atoms with Crippen LogP contribution in [0.25, 0.3) is 11.0 Å². The number of benzene rings is 2. The molecule has 0 bridgehead atoms. The molecule has 6 nitrogen and oxygen atoms in total. The second-order valence-electron chi connectivity index (χ2n) is 10.5. The number of fused-ring (bicyclic) bond motifs is 1. The minimum Gasteiger partial charge on any atom is -0.380 e. The number of nitrogens with one attached hydrogen (secondary N) is 2. The molecule has 0 radical (unpaired) electrons. The van der Waals surface area contributed by atoms with Gasteiger partial charge in [-0.05, 0) is 79.8 Å². The Morgan fingerprint density at radius 3 is 2.44 bits per heavy atom. The van der Waals surface area contributed by atoms with Crippen molar-refractivity contribution in [1.29, 1.82) is 0 Å². The molecule has 1 unspecified atom stereocenters. The summed E-state index contributed by atoms with van der Waals surface area (Å²) in [7, 11) is 0.